The number of pyridine rings is 2. The summed E-state index contributed by atoms with van der Waals surface area (Å²) in [5.74, 6) is -0.814. The molecule has 7 nitrogen and oxygen atoms in total. The van der Waals surface area contributed by atoms with Gasteiger partial charge in [0.05, 0.1) is 23.3 Å². The molecule has 0 saturated carbocycles. The molecule has 164 valence electrons. The Morgan fingerprint density at radius 1 is 0.969 bits per heavy atom. The molecule has 0 unspecified atom stereocenters. The number of aromatic nitrogens is 2. The lowest BCUT2D eigenvalue weighted by molar-refractivity contribution is -0.141. The van der Waals surface area contributed by atoms with E-state index in [1.54, 1.807) is 24.3 Å². The molecule has 0 fully saturated rings. The summed E-state index contributed by atoms with van der Waals surface area (Å²) >= 11 is 0. The number of amides is 2. The first-order valence-corrected chi connectivity index (χ1v) is 9.34. The van der Waals surface area contributed by atoms with Crippen LogP contribution in [0.5, 0.6) is 0 Å². The second-order valence-electron chi connectivity index (χ2n) is 6.60. The Balaban J connectivity index is 1.51. The number of rotatable bonds is 6. The van der Waals surface area contributed by atoms with E-state index in [4.69, 9.17) is 5.73 Å². The lowest BCUT2D eigenvalue weighted by Gasteiger charge is -2.08. The Bertz CT molecular complexity index is 1130. The maximum absolute atomic E-state index is 12.5. The highest BCUT2D eigenvalue weighted by atomic mass is 19.4. The Morgan fingerprint density at radius 3 is 2.38 bits per heavy atom. The fraction of sp³-hybridized carbons (Fsp3) is 0.0909. The van der Waals surface area contributed by atoms with E-state index in [1.807, 2.05) is 0 Å². The van der Waals surface area contributed by atoms with E-state index in [2.05, 4.69) is 20.6 Å². The predicted octanol–water partition coefficient (Wildman–Crippen LogP) is 4.37. The first-order valence-electron chi connectivity index (χ1n) is 9.34. The molecule has 0 bridgehead atoms. The number of para-hydroxylation sites is 2. The van der Waals surface area contributed by atoms with Crippen molar-refractivity contribution in [3.05, 3.63) is 84.0 Å². The van der Waals surface area contributed by atoms with Crippen LogP contribution in [-0.2, 0) is 11.0 Å². The molecular formula is C22H18F3N5O2. The zero-order valence-electron chi connectivity index (χ0n) is 16.6. The SMILES string of the molecule is Nc1ccccc1NC(=O)c1ccc(NC(=O)C/C=C/c2ccc(C(F)(F)F)nc2)cn1. The van der Waals surface area contributed by atoms with Gasteiger partial charge in [-0.15, -0.1) is 0 Å². The van der Waals surface area contributed by atoms with E-state index >= 15 is 0 Å². The standard InChI is InChI=1S/C22H18F3N5O2/c23-22(24,25)19-11-8-14(12-28-19)4-3-7-20(31)29-15-9-10-18(27-13-15)21(32)30-17-6-2-1-5-16(17)26/h1-6,8-13H,7,26H2,(H,29,31)(H,30,32)/b4-3+. The number of hydrogen-bond donors (Lipinski definition) is 3. The number of nitrogens with zero attached hydrogens (tertiary/aromatic N) is 2. The molecule has 0 aliphatic heterocycles. The van der Waals surface area contributed by atoms with Crippen LogP contribution < -0.4 is 16.4 Å². The van der Waals surface area contributed by atoms with Crippen LogP contribution in [0.1, 0.15) is 28.2 Å². The molecule has 0 aliphatic carbocycles. The fourth-order valence-electron chi connectivity index (χ4n) is 2.58. The van der Waals surface area contributed by atoms with Gasteiger partial charge in [0.2, 0.25) is 5.91 Å². The van der Waals surface area contributed by atoms with Gasteiger partial charge in [-0.05, 0) is 35.9 Å². The highest BCUT2D eigenvalue weighted by molar-refractivity contribution is 6.04. The average Bonchev–Trinajstić information content (AvgIpc) is 2.75. The van der Waals surface area contributed by atoms with Crippen molar-refractivity contribution in [3.63, 3.8) is 0 Å². The Labute approximate surface area is 181 Å². The molecule has 2 heterocycles. The summed E-state index contributed by atoms with van der Waals surface area (Å²) in [7, 11) is 0. The van der Waals surface area contributed by atoms with Crippen LogP contribution in [0.3, 0.4) is 0 Å². The number of nitrogen functional groups attached to an aromatic ring is 1. The minimum absolute atomic E-state index is 0.0173. The third-order valence-corrected chi connectivity index (χ3v) is 4.18. The largest absolute Gasteiger partial charge is 0.433 e. The molecule has 2 amide bonds. The van der Waals surface area contributed by atoms with Crippen molar-refractivity contribution in [2.24, 2.45) is 0 Å². The van der Waals surface area contributed by atoms with Crippen molar-refractivity contribution in [2.45, 2.75) is 12.6 Å². The van der Waals surface area contributed by atoms with Gasteiger partial charge in [-0.1, -0.05) is 30.4 Å². The van der Waals surface area contributed by atoms with Gasteiger partial charge in [0.1, 0.15) is 11.4 Å². The maximum Gasteiger partial charge on any atom is 0.433 e. The molecule has 3 rings (SSSR count). The van der Waals surface area contributed by atoms with Gasteiger partial charge in [-0.3, -0.25) is 14.6 Å². The molecule has 0 saturated heterocycles. The lowest BCUT2D eigenvalue weighted by atomic mass is 10.2. The van der Waals surface area contributed by atoms with E-state index in [9.17, 15) is 22.8 Å². The van der Waals surface area contributed by atoms with Crippen molar-refractivity contribution in [1.29, 1.82) is 0 Å². The molecular weight excluding hydrogens is 423 g/mol. The number of halogens is 3. The van der Waals surface area contributed by atoms with Crippen LogP contribution in [0.4, 0.5) is 30.2 Å². The second-order valence-corrected chi connectivity index (χ2v) is 6.60. The quantitative estimate of drug-likeness (QED) is 0.492. The summed E-state index contributed by atoms with van der Waals surface area (Å²) in [6, 6.07) is 11.9. The van der Waals surface area contributed by atoms with Gasteiger partial charge in [0, 0.05) is 12.6 Å². The molecule has 0 atom stereocenters. The highest BCUT2D eigenvalue weighted by Crippen LogP contribution is 2.27. The lowest BCUT2D eigenvalue weighted by Crippen LogP contribution is -2.15. The number of hydrogen-bond acceptors (Lipinski definition) is 5. The third kappa shape index (κ3) is 6.14. The van der Waals surface area contributed by atoms with Crippen LogP contribution in [-0.4, -0.2) is 21.8 Å². The zero-order valence-corrected chi connectivity index (χ0v) is 16.6. The summed E-state index contributed by atoms with van der Waals surface area (Å²) in [5.41, 5.74) is 6.65. The number of benzene rings is 1. The van der Waals surface area contributed by atoms with E-state index in [0.29, 0.717) is 22.6 Å². The summed E-state index contributed by atoms with van der Waals surface area (Å²) in [5, 5.41) is 5.26. The molecule has 3 aromatic rings. The molecule has 4 N–H and O–H groups in total. The van der Waals surface area contributed by atoms with E-state index in [-0.39, 0.29) is 18.0 Å². The molecule has 32 heavy (non-hydrogen) atoms. The Hall–Kier alpha value is -4.21. The smallest absolute Gasteiger partial charge is 0.397 e. The van der Waals surface area contributed by atoms with Crippen LogP contribution in [0.2, 0.25) is 0 Å². The van der Waals surface area contributed by atoms with Crippen molar-refractivity contribution < 1.29 is 22.8 Å². The summed E-state index contributed by atoms with van der Waals surface area (Å²) in [4.78, 5) is 31.7. The van der Waals surface area contributed by atoms with E-state index < -0.39 is 17.8 Å². The minimum atomic E-state index is -4.50. The first kappa shape index (κ1) is 22.5. The number of carbonyl (C=O) groups is 2. The summed E-state index contributed by atoms with van der Waals surface area (Å²) in [6.45, 7) is 0. The monoisotopic (exact) mass is 441 g/mol. The van der Waals surface area contributed by atoms with Crippen molar-refractivity contribution in [2.75, 3.05) is 16.4 Å². The second kappa shape index (κ2) is 9.73. The van der Waals surface area contributed by atoms with Gasteiger partial charge in [0.25, 0.3) is 5.91 Å². The summed E-state index contributed by atoms with van der Waals surface area (Å²) < 4.78 is 37.5. The summed E-state index contributed by atoms with van der Waals surface area (Å²) in [6.07, 6.45) is 0.892. The number of carbonyl (C=O) groups excluding carboxylic acids is 2. The van der Waals surface area contributed by atoms with Crippen LogP contribution in [0, 0.1) is 0 Å². The Morgan fingerprint density at radius 2 is 1.75 bits per heavy atom. The number of nitrogens with one attached hydrogen (secondary N) is 2. The van der Waals surface area contributed by atoms with Crippen LogP contribution in [0.15, 0.2) is 67.0 Å². The van der Waals surface area contributed by atoms with Gasteiger partial charge < -0.3 is 16.4 Å². The predicted molar refractivity (Wildman–Crippen MR) is 115 cm³/mol. The average molecular weight is 441 g/mol. The van der Waals surface area contributed by atoms with Crippen molar-refractivity contribution >= 4 is 35.0 Å². The van der Waals surface area contributed by atoms with E-state index in [0.717, 1.165) is 12.3 Å². The normalized spacial score (nSPS) is 11.3. The topological polar surface area (TPSA) is 110 Å². The van der Waals surface area contributed by atoms with Gasteiger partial charge in [-0.25, -0.2) is 4.98 Å². The first-order chi connectivity index (χ1) is 15.2. The number of nitrogens with two attached hydrogens (primary N) is 1. The van der Waals surface area contributed by atoms with Crippen molar-refractivity contribution in [3.8, 4) is 0 Å². The minimum Gasteiger partial charge on any atom is -0.397 e. The van der Waals surface area contributed by atoms with E-state index in [1.165, 1.54) is 36.5 Å². The molecule has 1 aromatic carbocycles. The van der Waals surface area contributed by atoms with Crippen LogP contribution >= 0.6 is 0 Å². The molecule has 0 radical (unpaired) electrons. The molecule has 2 aromatic heterocycles. The van der Waals surface area contributed by atoms with Crippen molar-refractivity contribution in [1.82, 2.24) is 9.97 Å². The van der Waals surface area contributed by atoms with Crippen LogP contribution in [0.25, 0.3) is 6.08 Å². The highest BCUT2D eigenvalue weighted by Gasteiger charge is 2.31. The zero-order chi connectivity index (χ0) is 23.1. The number of anilines is 3. The third-order valence-electron chi connectivity index (χ3n) is 4.18. The molecule has 10 heteroatoms. The number of alkyl halides is 3. The van der Waals surface area contributed by atoms with Gasteiger partial charge in [-0.2, -0.15) is 13.2 Å². The molecule has 0 aliphatic rings. The van der Waals surface area contributed by atoms with Gasteiger partial charge in [0.15, 0.2) is 0 Å². The molecule has 0 spiro atoms. The van der Waals surface area contributed by atoms with Gasteiger partial charge >= 0.3 is 6.18 Å². The Kier molecular flexibility index (Phi) is 6.83. The fourth-order valence-corrected chi connectivity index (χ4v) is 2.58. The maximum atomic E-state index is 12.5.